The zero-order valence-corrected chi connectivity index (χ0v) is 25.6. The number of nitrogens with zero attached hydrogens (tertiary/aromatic N) is 1. The summed E-state index contributed by atoms with van der Waals surface area (Å²) in [5.41, 5.74) is 9.92. The van der Waals surface area contributed by atoms with Gasteiger partial charge >= 0.3 is 0 Å². The van der Waals surface area contributed by atoms with Crippen LogP contribution in [0.15, 0.2) is 106 Å². The predicted octanol–water partition coefficient (Wildman–Crippen LogP) is 8.16. The van der Waals surface area contributed by atoms with Crippen molar-refractivity contribution in [3.8, 4) is 22.5 Å². The molecular formula is C36H33N2O4S+. The van der Waals surface area contributed by atoms with Crippen LogP contribution in [0.4, 0.5) is 17.1 Å². The SMILES string of the molecule is Cc1cccc(C)c1Nc1ccc2c(-c3ccccc3S(=O)(=O)O)c3ccc(=[N+](C)c4c(C)cccc4C)cc-3oc2c1. The van der Waals surface area contributed by atoms with Crippen molar-refractivity contribution in [2.75, 3.05) is 12.4 Å². The monoisotopic (exact) mass is 589 g/mol. The second kappa shape index (κ2) is 10.8. The van der Waals surface area contributed by atoms with Gasteiger partial charge in [0, 0.05) is 56.7 Å². The van der Waals surface area contributed by atoms with E-state index in [1.54, 1.807) is 18.2 Å². The van der Waals surface area contributed by atoms with Crippen LogP contribution >= 0.6 is 0 Å². The highest BCUT2D eigenvalue weighted by atomic mass is 32.2. The van der Waals surface area contributed by atoms with Crippen molar-refractivity contribution in [3.05, 3.63) is 125 Å². The van der Waals surface area contributed by atoms with Crippen LogP contribution in [0.5, 0.6) is 0 Å². The minimum absolute atomic E-state index is 0.154. The number of para-hydroxylation sites is 2. The van der Waals surface area contributed by atoms with Crippen molar-refractivity contribution in [1.82, 2.24) is 4.58 Å². The highest BCUT2D eigenvalue weighted by Crippen LogP contribution is 2.43. The molecule has 0 fully saturated rings. The normalized spacial score (nSPS) is 12.5. The van der Waals surface area contributed by atoms with Crippen LogP contribution in [-0.4, -0.2) is 20.0 Å². The highest BCUT2D eigenvalue weighted by molar-refractivity contribution is 7.86. The first-order chi connectivity index (χ1) is 20.5. The molecule has 4 aromatic rings. The second-order valence-electron chi connectivity index (χ2n) is 11.0. The Morgan fingerprint density at radius 2 is 1.37 bits per heavy atom. The molecule has 4 aromatic carbocycles. The molecule has 0 saturated heterocycles. The molecule has 6 rings (SSSR count). The number of hydrogen-bond donors (Lipinski definition) is 2. The number of benzene rings is 5. The maximum Gasteiger partial charge on any atom is 0.295 e. The van der Waals surface area contributed by atoms with Crippen molar-refractivity contribution in [3.63, 3.8) is 0 Å². The number of rotatable bonds is 5. The van der Waals surface area contributed by atoms with E-state index < -0.39 is 10.1 Å². The quantitative estimate of drug-likeness (QED) is 0.120. The highest BCUT2D eigenvalue weighted by Gasteiger charge is 2.24. The van der Waals surface area contributed by atoms with E-state index in [1.807, 2.05) is 55.6 Å². The van der Waals surface area contributed by atoms with Gasteiger partial charge in [-0.1, -0.05) is 54.6 Å². The van der Waals surface area contributed by atoms with E-state index >= 15 is 0 Å². The third-order valence-electron chi connectivity index (χ3n) is 8.05. The number of nitrogens with one attached hydrogen (secondary N) is 1. The van der Waals surface area contributed by atoms with Crippen molar-refractivity contribution in [2.24, 2.45) is 0 Å². The summed E-state index contributed by atoms with van der Waals surface area (Å²) in [5.74, 6) is 0.590. The summed E-state index contributed by atoms with van der Waals surface area (Å²) >= 11 is 0. The molecule has 1 heterocycles. The van der Waals surface area contributed by atoms with Gasteiger partial charge in [0.15, 0.2) is 0 Å². The summed E-state index contributed by atoms with van der Waals surface area (Å²) in [5, 5.41) is 5.19. The standard InChI is InChI=1S/C36H32N2O4S/c1-22-10-8-11-23(2)35(22)37-26-16-18-28-31(20-26)42-32-21-27(38(5)36-24(3)12-9-13-25(36)4)17-19-29(32)34(28)30-14-6-7-15-33(30)43(39,40)41/h6-21H,1-5H3,(H,39,40,41)/p+1. The number of anilines is 2. The molecule has 0 radical (unpaired) electrons. The summed E-state index contributed by atoms with van der Waals surface area (Å²) in [6.07, 6.45) is 0. The van der Waals surface area contributed by atoms with Gasteiger partial charge in [-0.15, -0.1) is 0 Å². The Morgan fingerprint density at radius 3 is 2.05 bits per heavy atom. The van der Waals surface area contributed by atoms with E-state index in [4.69, 9.17) is 4.42 Å². The van der Waals surface area contributed by atoms with Crippen molar-refractivity contribution in [2.45, 2.75) is 32.6 Å². The third-order valence-corrected chi connectivity index (χ3v) is 8.96. The van der Waals surface area contributed by atoms with E-state index in [9.17, 15) is 13.0 Å². The molecule has 2 aliphatic rings. The van der Waals surface area contributed by atoms with Crippen molar-refractivity contribution in [1.29, 1.82) is 0 Å². The minimum Gasteiger partial charge on any atom is -0.456 e. The summed E-state index contributed by atoms with van der Waals surface area (Å²) in [6.45, 7) is 8.30. The Hall–Kier alpha value is -4.72. The molecule has 43 heavy (non-hydrogen) atoms. The maximum absolute atomic E-state index is 12.5. The molecule has 1 aliphatic carbocycles. The van der Waals surface area contributed by atoms with Gasteiger partial charge in [-0.2, -0.15) is 13.0 Å². The molecule has 0 saturated carbocycles. The van der Waals surface area contributed by atoms with Crippen LogP contribution in [0, 0.1) is 27.7 Å². The lowest BCUT2D eigenvalue weighted by atomic mass is 9.93. The first-order valence-corrected chi connectivity index (χ1v) is 15.5. The summed E-state index contributed by atoms with van der Waals surface area (Å²) < 4.78 is 43.9. The van der Waals surface area contributed by atoms with Crippen LogP contribution in [-0.2, 0) is 10.1 Å². The average Bonchev–Trinajstić information content (AvgIpc) is 2.97. The van der Waals surface area contributed by atoms with Gasteiger partial charge in [-0.3, -0.25) is 4.55 Å². The molecule has 1 aliphatic heterocycles. The zero-order valence-electron chi connectivity index (χ0n) is 24.8. The van der Waals surface area contributed by atoms with E-state index in [2.05, 4.69) is 61.9 Å². The maximum atomic E-state index is 12.5. The topological polar surface area (TPSA) is 82.6 Å². The average molecular weight is 590 g/mol. The van der Waals surface area contributed by atoms with Gasteiger partial charge < -0.3 is 9.73 Å². The van der Waals surface area contributed by atoms with Crippen molar-refractivity contribution < 1.29 is 17.4 Å². The molecule has 216 valence electrons. The molecule has 0 spiro atoms. The Bertz CT molecular complexity index is 2160. The van der Waals surface area contributed by atoms with Gasteiger partial charge in [-0.05, 0) is 63.1 Å². The van der Waals surface area contributed by atoms with Gasteiger partial charge in [0.25, 0.3) is 10.1 Å². The summed E-state index contributed by atoms with van der Waals surface area (Å²) in [6, 6.07) is 30.7. The van der Waals surface area contributed by atoms with E-state index in [1.165, 1.54) is 6.07 Å². The lowest BCUT2D eigenvalue weighted by Crippen LogP contribution is -2.22. The van der Waals surface area contributed by atoms with Crippen LogP contribution in [0.2, 0.25) is 0 Å². The van der Waals surface area contributed by atoms with Gasteiger partial charge in [0.2, 0.25) is 11.0 Å². The van der Waals surface area contributed by atoms with Gasteiger partial charge in [-0.25, -0.2) is 0 Å². The second-order valence-corrected chi connectivity index (χ2v) is 12.4. The van der Waals surface area contributed by atoms with Crippen LogP contribution < -0.4 is 15.2 Å². The first kappa shape index (κ1) is 28.4. The van der Waals surface area contributed by atoms with Gasteiger partial charge in [0.1, 0.15) is 23.3 Å². The minimum atomic E-state index is -4.50. The van der Waals surface area contributed by atoms with E-state index in [-0.39, 0.29) is 4.90 Å². The Morgan fingerprint density at radius 1 is 0.721 bits per heavy atom. The Kier molecular flexibility index (Phi) is 7.16. The van der Waals surface area contributed by atoms with Crippen LogP contribution in [0.25, 0.3) is 33.4 Å². The molecule has 0 aromatic heterocycles. The molecule has 0 unspecified atom stereocenters. The molecule has 7 heteroatoms. The lowest BCUT2D eigenvalue weighted by molar-refractivity contribution is 0.483. The largest absolute Gasteiger partial charge is 0.456 e. The summed E-state index contributed by atoms with van der Waals surface area (Å²) in [7, 11) is -2.47. The Labute approximate surface area is 251 Å². The zero-order chi connectivity index (χ0) is 30.5. The van der Waals surface area contributed by atoms with E-state index in [0.717, 1.165) is 55.6 Å². The molecular weight excluding hydrogens is 556 g/mol. The van der Waals surface area contributed by atoms with Crippen molar-refractivity contribution >= 4 is 38.1 Å². The fourth-order valence-electron chi connectivity index (χ4n) is 5.97. The van der Waals surface area contributed by atoms with E-state index in [0.29, 0.717) is 22.5 Å². The Balaban J connectivity index is 1.66. The molecule has 0 atom stereocenters. The van der Waals surface area contributed by atoms with Crippen LogP contribution in [0.1, 0.15) is 22.3 Å². The number of aryl methyl sites for hydroxylation is 4. The smallest absolute Gasteiger partial charge is 0.295 e. The van der Waals surface area contributed by atoms with Crippen LogP contribution in [0.3, 0.4) is 0 Å². The fraction of sp³-hybridized carbons (Fsp3) is 0.139. The molecule has 2 N–H and O–H groups in total. The molecule has 0 bridgehead atoms. The fourth-order valence-corrected chi connectivity index (χ4v) is 6.67. The molecule has 0 amide bonds. The third kappa shape index (κ3) is 5.22. The predicted molar refractivity (Wildman–Crippen MR) is 174 cm³/mol. The first-order valence-electron chi connectivity index (χ1n) is 14.1. The molecule has 6 nitrogen and oxygen atoms in total. The number of fused-ring (bicyclic) bond motifs is 2. The summed E-state index contributed by atoms with van der Waals surface area (Å²) in [4.78, 5) is -0.154. The van der Waals surface area contributed by atoms with Gasteiger partial charge in [0.05, 0.1) is 6.07 Å². The lowest BCUT2D eigenvalue weighted by Gasteiger charge is -2.18. The number of hydrogen-bond acceptors (Lipinski definition) is 4.